The van der Waals surface area contributed by atoms with Gasteiger partial charge in [-0.3, -0.25) is 9.59 Å². The Balaban J connectivity index is 1.80. The van der Waals surface area contributed by atoms with Gasteiger partial charge in [0.2, 0.25) is 0 Å². The maximum atomic E-state index is 13.7. The molecule has 0 aromatic heterocycles. The first-order valence-corrected chi connectivity index (χ1v) is 12.3. The number of hydrogen-bond donors (Lipinski definition) is 4. The van der Waals surface area contributed by atoms with Crippen molar-refractivity contribution in [2.75, 3.05) is 0 Å². The minimum atomic E-state index is -1.29. The van der Waals surface area contributed by atoms with Crippen molar-refractivity contribution in [2.45, 2.75) is 0 Å². The number of carboxylic acids is 4. The number of ketones is 2. The highest BCUT2D eigenvalue weighted by Crippen LogP contribution is 2.47. The van der Waals surface area contributed by atoms with Crippen molar-refractivity contribution in [1.82, 2.24) is 0 Å². The summed E-state index contributed by atoms with van der Waals surface area (Å²) in [6.07, 6.45) is 0. The lowest BCUT2D eigenvalue weighted by Crippen LogP contribution is -2.21. The SMILES string of the molecule is O=C(O)c1ccc2c(c1)C(=O)c1cc(C(=O)O)ccc1C2=C1c2ccc(C(=O)O)cc2C(=O)c2cc(C(=O)O)ccc21. The molecule has 42 heavy (non-hydrogen) atoms. The van der Waals surface area contributed by atoms with Crippen LogP contribution in [0.3, 0.4) is 0 Å². The van der Waals surface area contributed by atoms with E-state index in [9.17, 15) is 49.2 Å². The normalized spacial score (nSPS) is 13.0. The number of carboxylic acid groups (broad SMARTS) is 4. The molecular weight excluding hydrogens is 544 g/mol. The number of fused-ring (bicyclic) bond motifs is 4. The second kappa shape index (κ2) is 9.20. The molecule has 2 aliphatic carbocycles. The molecule has 0 amide bonds. The van der Waals surface area contributed by atoms with Crippen LogP contribution >= 0.6 is 0 Å². The van der Waals surface area contributed by atoms with E-state index in [0.717, 1.165) is 0 Å². The predicted molar refractivity (Wildman–Crippen MR) is 145 cm³/mol. The van der Waals surface area contributed by atoms with E-state index in [0.29, 0.717) is 33.4 Å². The fourth-order valence-electron chi connectivity index (χ4n) is 5.45. The van der Waals surface area contributed by atoms with Crippen LogP contribution in [0.1, 0.15) is 95.5 Å². The van der Waals surface area contributed by atoms with Crippen LogP contribution in [0.15, 0.2) is 72.8 Å². The van der Waals surface area contributed by atoms with Crippen LogP contribution in [-0.4, -0.2) is 55.9 Å². The highest BCUT2D eigenvalue weighted by atomic mass is 16.4. The maximum absolute atomic E-state index is 13.7. The zero-order chi connectivity index (χ0) is 30.0. The molecule has 2 aliphatic rings. The lowest BCUT2D eigenvalue weighted by molar-refractivity contribution is 0.0685. The summed E-state index contributed by atoms with van der Waals surface area (Å²) in [5.41, 5.74) is 1.12. The number of aromatic carboxylic acids is 4. The fourth-order valence-corrected chi connectivity index (χ4v) is 5.45. The van der Waals surface area contributed by atoms with Crippen LogP contribution in [0, 0.1) is 0 Å². The zero-order valence-electron chi connectivity index (χ0n) is 21.2. The average Bonchev–Trinajstić information content (AvgIpc) is 2.97. The molecule has 0 heterocycles. The van der Waals surface area contributed by atoms with Crippen molar-refractivity contribution in [1.29, 1.82) is 0 Å². The molecule has 204 valence electrons. The van der Waals surface area contributed by atoms with E-state index in [1.54, 1.807) is 0 Å². The molecule has 0 bridgehead atoms. The summed E-state index contributed by atoms with van der Waals surface area (Å²) in [5.74, 6) is -6.36. The van der Waals surface area contributed by atoms with Gasteiger partial charge in [-0.25, -0.2) is 19.2 Å². The lowest BCUT2D eigenvalue weighted by atomic mass is 9.72. The topological polar surface area (TPSA) is 183 Å². The molecule has 10 nitrogen and oxygen atoms in total. The summed E-state index contributed by atoms with van der Waals surface area (Å²) < 4.78 is 0. The molecule has 0 unspecified atom stereocenters. The standard InChI is InChI=1S/C32H16O10/c33-27-21-9-13(29(35)36)1-5-17(21)25(18-6-2-14(30(37)38)10-22(18)27)26-19-7-3-15(31(39)40)11-23(19)28(34)24-12-16(32(41)42)4-8-20(24)26/h1-12H,(H,35,36)(H,37,38)(H,39,40)(H,41,42). The Kier molecular flexibility index (Phi) is 5.72. The largest absolute Gasteiger partial charge is 0.478 e. The quantitative estimate of drug-likeness (QED) is 0.238. The van der Waals surface area contributed by atoms with Gasteiger partial charge in [0.05, 0.1) is 22.3 Å². The number of carbonyl (C=O) groups excluding carboxylic acids is 2. The number of hydrogen-bond acceptors (Lipinski definition) is 6. The highest BCUT2D eigenvalue weighted by molar-refractivity contribution is 6.28. The van der Waals surface area contributed by atoms with Crippen molar-refractivity contribution in [2.24, 2.45) is 0 Å². The highest BCUT2D eigenvalue weighted by Gasteiger charge is 2.36. The van der Waals surface area contributed by atoms with Crippen LogP contribution in [0.5, 0.6) is 0 Å². The van der Waals surface area contributed by atoms with Gasteiger partial charge in [-0.1, -0.05) is 24.3 Å². The third kappa shape index (κ3) is 3.81. The summed E-state index contributed by atoms with van der Waals surface area (Å²) in [4.78, 5) is 74.4. The van der Waals surface area contributed by atoms with Gasteiger partial charge in [0.25, 0.3) is 0 Å². The molecule has 0 aliphatic heterocycles. The molecule has 0 saturated carbocycles. The summed E-state index contributed by atoms with van der Waals surface area (Å²) in [6, 6.07) is 15.8. The van der Waals surface area contributed by atoms with E-state index in [-0.39, 0.29) is 44.5 Å². The van der Waals surface area contributed by atoms with Crippen LogP contribution in [-0.2, 0) is 0 Å². The molecule has 4 N–H and O–H groups in total. The average molecular weight is 560 g/mol. The minimum Gasteiger partial charge on any atom is -0.478 e. The molecule has 10 heteroatoms. The molecule has 0 fully saturated rings. The molecular formula is C32H16O10. The van der Waals surface area contributed by atoms with Crippen molar-refractivity contribution in [3.63, 3.8) is 0 Å². The molecule has 0 atom stereocenters. The van der Waals surface area contributed by atoms with Gasteiger partial charge in [-0.2, -0.15) is 0 Å². The Morgan fingerprint density at radius 3 is 0.762 bits per heavy atom. The Bertz CT molecular complexity index is 1750. The number of benzene rings is 4. The van der Waals surface area contributed by atoms with Gasteiger partial charge >= 0.3 is 23.9 Å². The predicted octanol–water partition coefficient (Wildman–Crippen LogP) is 4.58. The summed E-state index contributed by atoms with van der Waals surface area (Å²) in [6.45, 7) is 0. The van der Waals surface area contributed by atoms with Crippen molar-refractivity contribution in [3.8, 4) is 0 Å². The van der Waals surface area contributed by atoms with Gasteiger partial charge in [-0.05, 0) is 81.9 Å². The third-order valence-electron chi connectivity index (χ3n) is 7.37. The van der Waals surface area contributed by atoms with Crippen molar-refractivity contribution >= 4 is 46.6 Å². The van der Waals surface area contributed by atoms with Crippen LogP contribution < -0.4 is 0 Å². The maximum Gasteiger partial charge on any atom is 0.335 e. The Hall–Kier alpha value is -6.16. The molecule has 4 aromatic rings. The molecule has 0 spiro atoms. The Labute approximate surface area is 235 Å². The third-order valence-corrected chi connectivity index (χ3v) is 7.37. The number of carbonyl (C=O) groups is 6. The smallest absolute Gasteiger partial charge is 0.335 e. The van der Waals surface area contributed by atoms with E-state index in [1.807, 2.05) is 0 Å². The first-order chi connectivity index (χ1) is 20.0. The summed E-state index contributed by atoms with van der Waals surface area (Å²) in [7, 11) is 0. The van der Waals surface area contributed by atoms with Gasteiger partial charge in [0.1, 0.15) is 0 Å². The zero-order valence-corrected chi connectivity index (χ0v) is 21.2. The molecule has 0 saturated heterocycles. The Morgan fingerprint density at radius 2 is 0.571 bits per heavy atom. The van der Waals surface area contributed by atoms with Gasteiger partial charge in [0, 0.05) is 22.3 Å². The van der Waals surface area contributed by atoms with Gasteiger partial charge in [-0.15, -0.1) is 0 Å². The number of rotatable bonds is 4. The van der Waals surface area contributed by atoms with Crippen LogP contribution in [0.4, 0.5) is 0 Å². The monoisotopic (exact) mass is 560 g/mol. The fraction of sp³-hybridized carbons (Fsp3) is 0. The van der Waals surface area contributed by atoms with Crippen molar-refractivity contribution in [3.05, 3.63) is 140 Å². The Morgan fingerprint density at radius 1 is 0.357 bits per heavy atom. The lowest BCUT2D eigenvalue weighted by Gasteiger charge is -2.29. The van der Waals surface area contributed by atoms with Crippen LogP contribution in [0.25, 0.3) is 11.1 Å². The van der Waals surface area contributed by atoms with Crippen LogP contribution in [0.2, 0.25) is 0 Å². The molecule has 6 rings (SSSR count). The second-order valence-electron chi connectivity index (χ2n) is 9.67. The van der Waals surface area contributed by atoms with E-state index < -0.39 is 35.4 Å². The van der Waals surface area contributed by atoms with E-state index in [1.165, 1.54) is 72.8 Å². The summed E-state index contributed by atoms with van der Waals surface area (Å²) in [5, 5.41) is 38.4. The van der Waals surface area contributed by atoms with Gasteiger partial charge in [0.15, 0.2) is 11.6 Å². The minimum absolute atomic E-state index is 0.0169. The molecule has 0 radical (unpaired) electrons. The van der Waals surface area contributed by atoms with E-state index >= 15 is 0 Å². The first kappa shape index (κ1) is 26.1. The second-order valence-corrected chi connectivity index (χ2v) is 9.67. The van der Waals surface area contributed by atoms with E-state index in [2.05, 4.69) is 0 Å². The molecule has 4 aromatic carbocycles. The van der Waals surface area contributed by atoms with Crippen molar-refractivity contribution < 1.29 is 49.2 Å². The summed E-state index contributed by atoms with van der Waals surface area (Å²) >= 11 is 0. The van der Waals surface area contributed by atoms with E-state index in [4.69, 9.17) is 0 Å². The van der Waals surface area contributed by atoms with Gasteiger partial charge < -0.3 is 20.4 Å². The first-order valence-electron chi connectivity index (χ1n) is 12.3.